The zero-order valence-electron chi connectivity index (χ0n) is 17.4. The summed E-state index contributed by atoms with van der Waals surface area (Å²) in [5.74, 6) is -0.668. The molecule has 0 aliphatic carbocycles. The SMILES string of the molecule is COCCN(CCOC)C1=C(c2ccc(Cl)cc2)C(=O)N(CCOC(C)C)C1=O. The number of benzene rings is 1. The first-order valence-corrected chi connectivity index (χ1v) is 9.99. The van der Waals surface area contributed by atoms with Crippen LogP contribution >= 0.6 is 11.6 Å². The van der Waals surface area contributed by atoms with Crippen LogP contribution in [0.15, 0.2) is 30.0 Å². The fourth-order valence-corrected chi connectivity index (χ4v) is 3.18. The van der Waals surface area contributed by atoms with Crippen LogP contribution < -0.4 is 0 Å². The second-order valence-corrected chi connectivity index (χ2v) is 7.32. The maximum Gasteiger partial charge on any atom is 0.277 e. The minimum atomic E-state index is -0.334. The van der Waals surface area contributed by atoms with E-state index >= 15 is 0 Å². The topological polar surface area (TPSA) is 68.3 Å². The molecule has 2 rings (SSSR count). The second-order valence-electron chi connectivity index (χ2n) is 6.88. The van der Waals surface area contributed by atoms with Crippen molar-refractivity contribution in [3.05, 3.63) is 40.5 Å². The molecule has 1 aliphatic heterocycles. The van der Waals surface area contributed by atoms with Crippen LogP contribution in [0.1, 0.15) is 19.4 Å². The molecule has 2 amide bonds. The molecule has 1 aromatic rings. The summed E-state index contributed by atoms with van der Waals surface area (Å²) in [4.78, 5) is 29.6. The molecule has 0 fully saturated rings. The number of rotatable bonds is 12. The van der Waals surface area contributed by atoms with Crippen molar-refractivity contribution in [2.24, 2.45) is 0 Å². The molecule has 0 radical (unpaired) electrons. The van der Waals surface area contributed by atoms with Crippen molar-refractivity contribution in [2.75, 3.05) is 53.7 Å². The Kier molecular flexibility index (Phi) is 9.10. The lowest BCUT2D eigenvalue weighted by atomic mass is 10.0. The summed E-state index contributed by atoms with van der Waals surface area (Å²) in [7, 11) is 3.19. The number of imide groups is 1. The predicted molar refractivity (Wildman–Crippen MR) is 112 cm³/mol. The zero-order chi connectivity index (χ0) is 21.4. The van der Waals surface area contributed by atoms with Gasteiger partial charge in [-0.05, 0) is 31.5 Å². The molecule has 0 unspecified atom stereocenters. The van der Waals surface area contributed by atoms with Crippen molar-refractivity contribution >= 4 is 29.0 Å². The van der Waals surface area contributed by atoms with E-state index in [2.05, 4.69) is 0 Å². The maximum absolute atomic E-state index is 13.3. The van der Waals surface area contributed by atoms with E-state index in [9.17, 15) is 9.59 Å². The molecule has 0 atom stereocenters. The second kappa shape index (κ2) is 11.3. The molecule has 1 aliphatic rings. The van der Waals surface area contributed by atoms with Gasteiger partial charge in [0.15, 0.2) is 0 Å². The molecule has 29 heavy (non-hydrogen) atoms. The highest BCUT2D eigenvalue weighted by atomic mass is 35.5. The standard InChI is InChI=1S/C21H29ClN2O5/c1-15(2)29-14-11-24-20(25)18(16-5-7-17(22)8-6-16)19(21(24)26)23(9-12-27-3)10-13-28-4/h5-8,15H,9-14H2,1-4H3. The summed E-state index contributed by atoms with van der Waals surface area (Å²) >= 11 is 6.01. The quantitative estimate of drug-likeness (QED) is 0.480. The molecule has 0 saturated heterocycles. The van der Waals surface area contributed by atoms with Gasteiger partial charge in [-0.2, -0.15) is 0 Å². The summed E-state index contributed by atoms with van der Waals surface area (Å²) < 4.78 is 15.9. The molecule has 0 saturated carbocycles. The van der Waals surface area contributed by atoms with Crippen LogP contribution in [0.3, 0.4) is 0 Å². The van der Waals surface area contributed by atoms with Gasteiger partial charge in [-0.15, -0.1) is 0 Å². The van der Waals surface area contributed by atoms with Gasteiger partial charge in [-0.3, -0.25) is 14.5 Å². The van der Waals surface area contributed by atoms with E-state index in [1.807, 2.05) is 18.7 Å². The Morgan fingerprint density at radius 2 is 1.55 bits per heavy atom. The van der Waals surface area contributed by atoms with Gasteiger partial charge in [0.25, 0.3) is 11.8 Å². The number of carbonyl (C=O) groups excluding carboxylic acids is 2. The fourth-order valence-electron chi connectivity index (χ4n) is 3.05. The lowest BCUT2D eigenvalue weighted by molar-refractivity contribution is -0.138. The minimum absolute atomic E-state index is 0.0193. The van der Waals surface area contributed by atoms with Gasteiger partial charge in [0.1, 0.15) is 5.70 Å². The van der Waals surface area contributed by atoms with E-state index in [-0.39, 0.29) is 31.1 Å². The third-order valence-electron chi connectivity index (χ3n) is 4.49. The summed E-state index contributed by atoms with van der Waals surface area (Å²) in [6, 6.07) is 6.92. The molecule has 0 spiro atoms. The van der Waals surface area contributed by atoms with Gasteiger partial charge in [-0.1, -0.05) is 23.7 Å². The highest BCUT2D eigenvalue weighted by Crippen LogP contribution is 2.32. The Morgan fingerprint density at radius 1 is 0.966 bits per heavy atom. The lowest BCUT2D eigenvalue weighted by Gasteiger charge is -2.25. The van der Waals surface area contributed by atoms with Crippen LogP contribution in [0.4, 0.5) is 0 Å². The number of halogens is 1. The van der Waals surface area contributed by atoms with Crippen LogP contribution in [0.25, 0.3) is 5.57 Å². The Balaban J connectivity index is 2.42. The highest BCUT2D eigenvalue weighted by molar-refractivity contribution is 6.36. The zero-order valence-corrected chi connectivity index (χ0v) is 18.2. The number of amides is 2. The van der Waals surface area contributed by atoms with E-state index < -0.39 is 0 Å². The van der Waals surface area contributed by atoms with Crippen molar-refractivity contribution < 1.29 is 23.8 Å². The van der Waals surface area contributed by atoms with Crippen LogP contribution in [0, 0.1) is 0 Å². The fraction of sp³-hybridized carbons (Fsp3) is 0.524. The summed E-state index contributed by atoms with van der Waals surface area (Å²) in [5, 5.41) is 0.561. The number of nitrogens with zero attached hydrogens (tertiary/aromatic N) is 2. The summed E-state index contributed by atoms with van der Waals surface area (Å²) in [6.45, 7) is 6.05. The van der Waals surface area contributed by atoms with Crippen molar-refractivity contribution in [2.45, 2.75) is 20.0 Å². The summed E-state index contributed by atoms with van der Waals surface area (Å²) in [5.41, 5.74) is 1.37. The van der Waals surface area contributed by atoms with Crippen molar-refractivity contribution in [1.82, 2.24) is 9.80 Å². The Morgan fingerprint density at radius 3 is 2.07 bits per heavy atom. The predicted octanol–water partition coefficient (Wildman–Crippen LogP) is 2.44. The molecule has 8 heteroatoms. The highest BCUT2D eigenvalue weighted by Gasteiger charge is 2.41. The molecule has 1 aromatic carbocycles. The number of hydrogen-bond acceptors (Lipinski definition) is 6. The monoisotopic (exact) mass is 424 g/mol. The van der Waals surface area contributed by atoms with Crippen molar-refractivity contribution in [1.29, 1.82) is 0 Å². The lowest BCUT2D eigenvalue weighted by Crippen LogP contribution is -2.39. The number of ether oxygens (including phenoxy) is 3. The third kappa shape index (κ3) is 6.02. The van der Waals surface area contributed by atoms with Gasteiger partial charge in [-0.25, -0.2) is 0 Å². The molecule has 0 aromatic heterocycles. The van der Waals surface area contributed by atoms with E-state index in [1.165, 1.54) is 4.90 Å². The molecule has 1 heterocycles. The average Bonchev–Trinajstić information content (AvgIpc) is 2.93. The normalized spacial score (nSPS) is 14.5. The van der Waals surface area contributed by atoms with Crippen LogP contribution in [-0.4, -0.2) is 81.4 Å². The third-order valence-corrected chi connectivity index (χ3v) is 4.74. The first kappa shape index (κ1) is 23.3. The summed E-state index contributed by atoms with van der Waals surface area (Å²) in [6.07, 6.45) is 0.0193. The van der Waals surface area contributed by atoms with E-state index in [4.69, 9.17) is 25.8 Å². The van der Waals surface area contributed by atoms with Crippen LogP contribution in [0.5, 0.6) is 0 Å². The molecule has 160 valence electrons. The van der Waals surface area contributed by atoms with Crippen molar-refractivity contribution in [3.63, 3.8) is 0 Å². The van der Waals surface area contributed by atoms with Gasteiger partial charge >= 0.3 is 0 Å². The van der Waals surface area contributed by atoms with E-state index in [0.717, 1.165) is 0 Å². The first-order chi connectivity index (χ1) is 13.9. The number of methoxy groups -OCH3 is 2. The average molecular weight is 425 g/mol. The number of hydrogen-bond donors (Lipinski definition) is 0. The molecular weight excluding hydrogens is 396 g/mol. The molecule has 7 nitrogen and oxygen atoms in total. The first-order valence-electron chi connectivity index (χ1n) is 9.61. The van der Waals surface area contributed by atoms with Gasteiger partial charge in [0, 0.05) is 32.3 Å². The van der Waals surface area contributed by atoms with Crippen LogP contribution in [0.2, 0.25) is 5.02 Å². The van der Waals surface area contributed by atoms with Gasteiger partial charge in [0.05, 0.1) is 38.0 Å². The van der Waals surface area contributed by atoms with Gasteiger partial charge < -0.3 is 19.1 Å². The van der Waals surface area contributed by atoms with Gasteiger partial charge in [0.2, 0.25) is 0 Å². The molecule has 0 bridgehead atoms. The smallest absolute Gasteiger partial charge is 0.277 e. The van der Waals surface area contributed by atoms with E-state index in [0.29, 0.717) is 48.2 Å². The largest absolute Gasteiger partial charge is 0.383 e. The number of carbonyl (C=O) groups is 2. The van der Waals surface area contributed by atoms with E-state index in [1.54, 1.807) is 38.5 Å². The Hall–Kier alpha value is -1.93. The maximum atomic E-state index is 13.3. The molecule has 0 N–H and O–H groups in total. The minimum Gasteiger partial charge on any atom is -0.383 e. The van der Waals surface area contributed by atoms with Crippen LogP contribution in [-0.2, 0) is 23.8 Å². The molecular formula is C21H29ClN2O5. The van der Waals surface area contributed by atoms with Crippen molar-refractivity contribution in [3.8, 4) is 0 Å². The Bertz CT molecular complexity index is 725. The Labute approximate surface area is 177 Å².